The van der Waals surface area contributed by atoms with E-state index < -0.39 is 20.0 Å². The third-order valence-electron chi connectivity index (χ3n) is 17.7. The second-order valence-electron chi connectivity index (χ2n) is 27.4. The number of hydrogen-bond donors (Lipinski definition) is 3. The number of aliphatic hydroxyl groups excluding tert-OH is 1. The molecule has 0 heterocycles. The number of nitrogens with one attached hydrogen (secondary N) is 1. The van der Waals surface area contributed by atoms with E-state index in [-0.39, 0.29) is 19.1 Å². The zero-order valence-corrected chi connectivity index (χ0v) is 58.3. The zero-order valence-electron chi connectivity index (χ0n) is 57.4. The molecule has 84 heavy (non-hydrogen) atoms. The summed E-state index contributed by atoms with van der Waals surface area (Å²) in [4.78, 5) is 23.4. The third-order valence-corrected chi connectivity index (χ3v) is 18.7. The maximum atomic E-state index is 13.1. The van der Waals surface area contributed by atoms with Gasteiger partial charge >= 0.3 is 7.82 Å². The Morgan fingerprint density at radius 2 is 0.655 bits per heavy atom. The van der Waals surface area contributed by atoms with Gasteiger partial charge in [-0.25, -0.2) is 4.57 Å². The molecule has 1 amide bonds. The predicted molar refractivity (Wildman–Crippen MR) is 369 cm³/mol. The Labute approximate surface area is 525 Å². The highest BCUT2D eigenvalue weighted by Crippen LogP contribution is 2.43. The van der Waals surface area contributed by atoms with Crippen molar-refractivity contribution in [2.45, 2.75) is 411 Å². The summed E-state index contributed by atoms with van der Waals surface area (Å²) in [7, 11) is 1.58. The number of phosphoric acid groups is 1. The van der Waals surface area contributed by atoms with Crippen molar-refractivity contribution in [1.82, 2.24) is 5.32 Å². The van der Waals surface area contributed by atoms with Gasteiger partial charge in [0, 0.05) is 6.42 Å². The van der Waals surface area contributed by atoms with Crippen LogP contribution in [-0.4, -0.2) is 73.4 Å². The molecule has 0 bridgehead atoms. The highest BCUT2D eigenvalue weighted by atomic mass is 31.2. The average molecular weight is 1210 g/mol. The van der Waals surface area contributed by atoms with Gasteiger partial charge in [0.15, 0.2) is 0 Å². The first-order valence-electron chi connectivity index (χ1n) is 37.7. The second-order valence-corrected chi connectivity index (χ2v) is 28.8. The van der Waals surface area contributed by atoms with Crippen LogP contribution in [0.4, 0.5) is 0 Å². The van der Waals surface area contributed by atoms with E-state index in [0.29, 0.717) is 17.4 Å². The van der Waals surface area contributed by atoms with Crippen LogP contribution in [0.15, 0.2) is 24.3 Å². The molecule has 0 aromatic carbocycles. The fraction of sp³-hybridized carbons (Fsp3) is 0.933. The maximum Gasteiger partial charge on any atom is 0.472 e. The van der Waals surface area contributed by atoms with Crippen molar-refractivity contribution in [3.8, 4) is 0 Å². The highest BCUT2D eigenvalue weighted by Gasteiger charge is 2.28. The van der Waals surface area contributed by atoms with Gasteiger partial charge in [0.25, 0.3) is 0 Å². The first-order chi connectivity index (χ1) is 41.0. The summed E-state index contributed by atoms with van der Waals surface area (Å²) in [5.74, 6) is -0.177. The fourth-order valence-electron chi connectivity index (χ4n) is 11.8. The molecule has 0 radical (unpaired) electrons. The van der Waals surface area contributed by atoms with Crippen molar-refractivity contribution < 1.29 is 32.9 Å². The van der Waals surface area contributed by atoms with Gasteiger partial charge in [-0.3, -0.25) is 13.8 Å². The first kappa shape index (κ1) is 83.0. The molecule has 0 fully saturated rings. The molecular formula is C75H150N2O6P+. The SMILES string of the molecule is CCCCCCCCCCCCCCCCCCCCCCCC/C=C/CC/C=C/C(O)C(COP(=O)(O)OCC[N+](C)(C)C)NC(=O)CCCCCCCCCCCCCCCCCCCCCCCCCCCCCCCCCCCC. The summed E-state index contributed by atoms with van der Waals surface area (Å²) in [5.41, 5.74) is 0. The van der Waals surface area contributed by atoms with Gasteiger partial charge in [-0.15, -0.1) is 0 Å². The van der Waals surface area contributed by atoms with Crippen molar-refractivity contribution in [2.24, 2.45) is 0 Å². The summed E-state index contributed by atoms with van der Waals surface area (Å²) in [6, 6.07) is -0.862. The van der Waals surface area contributed by atoms with E-state index in [0.717, 1.165) is 38.5 Å². The van der Waals surface area contributed by atoms with Crippen LogP contribution in [0.3, 0.4) is 0 Å². The number of likely N-dealkylation sites (N-methyl/N-ethyl adjacent to an activating group) is 1. The summed E-state index contributed by atoms with van der Waals surface area (Å²) in [5, 5.41) is 14.0. The van der Waals surface area contributed by atoms with Gasteiger partial charge in [0.05, 0.1) is 39.9 Å². The van der Waals surface area contributed by atoms with Gasteiger partial charge in [-0.05, 0) is 32.1 Å². The molecule has 0 aliphatic rings. The van der Waals surface area contributed by atoms with Crippen LogP contribution in [0, 0.1) is 0 Å². The van der Waals surface area contributed by atoms with Crippen molar-refractivity contribution in [2.75, 3.05) is 40.9 Å². The van der Waals surface area contributed by atoms with Gasteiger partial charge in [0.1, 0.15) is 13.2 Å². The lowest BCUT2D eigenvalue weighted by atomic mass is 10.0. The molecular weight excluding hydrogens is 1060 g/mol. The first-order valence-corrected chi connectivity index (χ1v) is 39.2. The number of aliphatic hydroxyl groups is 1. The highest BCUT2D eigenvalue weighted by molar-refractivity contribution is 7.47. The van der Waals surface area contributed by atoms with Gasteiger partial charge < -0.3 is 19.8 Å². The Hall–Kier alpha value is -1.02. The number of phosphoric ester groups is 1. The Morgan fingerprint density at radius 3 is 0.952 bits per heavy atom. The van der Waals surface area contributed by atoms with Crippen molar-refractivity contribution in [3.63, 3.8) is 0 Å². The van der Waals surface area contributed by atoms with E-state index in [1.54, 1.807) is 6.08 Å². The molecule has 9 heteroatoms. The number of hydrogen-bond acceptors (Lipinski definition) is 5. The number of quaternary nitrogens is 1. The lowest BCUT2D eigenvalue weighted by Crippen LogP contribution is -2.45. The van der Waals surface area contributed by atoms with Crippen LogP contribution < -0.4 is 5.32 Å². The number of carbonyl (C=O) groups is 1. The predicted octanol–water partition coefficient (Wildman–Crippen LogP) is 24.2. The number of carbonyl (C=O) groups excluding carboxylic acids is 1. The summed E-state index contributed by atoms with van der Waals surface area (Å²) in [6.07, 6.45) is 87.9. The molecule has 0 spiro atoms. The number of amides is 1. The van der Waals surface area contributed by atoms with E-state index in [1.807, 2.05) is 27.2 Å². The standard InChI is InChI=1S/C75H149N2O6P/c1-6-8-10-12-14-16-18-20-22-24-26-28-30-32-34-36-37-38-39-40-41-43-45-47-49-51-53-55-57-59-61-63-65-67-69-75(79)76-73(72-83-84(80,81)82-71-70-77(3,4)5)74(78)68-66-64-62-60-58-56-54-52-50-48-46-44-42-35-33-31-29-27-25-23-21-19-17-15-13-11-9-7-2/h58,60,66,68,73-74,78H,6-57,59,61-65,67,69-72H2,1-5H3,(H-,76,79,80,81)/p+1/b60-58+,68-66+. The quantitative estimate of drug-likeness (QED) is 0.0243. The number of unbranched alkanes of at least 4 members (excludes halogenated alkanes) is 56. The molecule has 0 aromatic heterocycles. The summed E-state index contributed by atoms with van der Waals surface area (Å²) < 4.78 is 23.8. The minimum absolute atomic E-state index is 0.0592. The molecule has 3 N–H and O–H groups in total. The molecule has 0 aliphatic carbocycles. The third kappa shape index (κ3) is 68.5. The van der Waals surface area contributed by atoms with Crippen LogP contribution in [0.2, 0.25) is 0 Å². The van der Waals surface area contributed by atoms with E-state index in [1.165, 1.54) is 340 Å². The molecule has 0 aliphatic heterocycles. The zero-order chi connectivity index (χ0) is 61.2. The Bertz CT molecular complexity index is 1420. The smallest absolute Gasteiger partial charge is 0.387 e. The van der Waals surface area contributed by atoms with Crippen molar-refractivity contribution >= 4 is 13.7 Å². The van der Waals surface area contributed by atoms with Crippen molar-refractivity contribution in [1.29, 1.82) is 0 Å². The Balaban J connectivity index is 4.00. The molecule has 8 nitrogen and oxygen atoms in total. The van der Waals surface area contributed by atoms with Crippen LogP contribution >= 0.6 is 7.82 Å². The normalized spacial score (nSPS) is 13.7. The lowest BCUT2D eigenvalue weighted by molar-refractivity contribution is -0.870. The number of allylic oxidation sites excluding steroid dienone is 3. The molecule has 0 rings (SSSR count). The minimum atomic E-state index is -4.36. The molecule has 0 saturated carbocycles. The van der Waals surface area contributed by atoms with Crippen LogP contribution in [0.1, 0.15) is 399 Å². The van der Waals surface area contributed by atoms with E-state index in [2.05, 4.69) is 31.3 Å². The lowest BCUT2D eigenvalue weighted by Gasteiger charge is -2.25. The second kappa shape index (κ2) is 66.4. The van der Waals surface area contributed by atoms with E-state index in [4.69, 9.17) is 9.05 Å². The van der Waals surface area contributed by atoms with E-state index >= 15 is 0 Å². The van der Waals surface area contributed by atoms with Crippen LogP contribution in [-0.2, 0) is 18.4 Å². The molecule has 3 unspecified atom stereocenters. The maximum absolute atomic E-state index is 13.1. The molecule has 0 saturated heterocycles. The number of nitrogens with zero attached hydrogens (tertiary/aromatic N) is 1. The summed E-state index contributed by atoms with van der Waals surface area (Å²) >= 11 is 0. The Kier molecular flexibility index (Phi) is 65.6. The molecule has 3 atom stereocenters. The van der Waals surface area contributed by atoms with Crippen LogP contribution in [0.5, 0.6) is 0 Å². The number of rotatable bonds is 71. The minimum Gasteiger partial charge on any atom is -0.387 e. The summed E-state index contributed by atoms with van der Waals surface area (Å²) in [6.45, 7) is 4.87. The average Bonchev–Trinajstić information content (AvgIpc) is 3.56. The topological polar surface area (TPSA) is 105 Å². The van der Waals surface area contributed by atoms with Gasteiger partial charge in [-0.1, -0.05) is 385 Å². The fourth-order valence-corrected chi connectivity index (χ4v) is 12.6. The monoisotopic (exact) mass is 1210 g/mol. The van der Waals surface area contributed by atoms with Crippen molar-refractivity contribution in [3.05, 3.63) is 24.3 Å². The Morgan fingerprint density at radius 1 is 0.393 bits per heavy atom. The van der Waals surface area contributed by atoms with Crippen LogP contribution in [0.25, 0.3) is 0 Å². The van der Waals surface area contributed by atoms with Gasteiger partial charge in [-0.2, -0.15) is 0 Å². The molecule has 500 valence electrons. The molecule has 0 aromatic rings. The van der Waals surface area contributed by atoms with E-state index in [9.17, 15) is 19.4 Å². The largest absolute Gasteiger partial charge is 0.472 e. The van der Waals surface area contributed by atoms with Gasteiger partial charge in [0.2, 0.25) is 5.91 Å².